The molecule has 5 heteroatoms. The molecule has 1 N–H and O–H groups in total. The van der Waals surface area contributed by atoms with Crippen molar-refractivity contribution >= 4 is 11.8 Å². The van der Waals surface area contributed by atoms with Gasteiger partial charge in [-0.25, -0.2) is 4.79 Å². The largest absolute Gasteiger partial charge is 0.506 e. The van der Waals surface area contributed by atoms with E-state index in [4.69, 9.17) is 4.74 Å². The number of hydrogen-bond acceptors (Lipinski definition) is 4. The SMILES string of the molecule is CCCCOC(=O)N1CCN(c2ccccc2O)CC1. The van der Waals surface area contributed by atoms with Crippen molar-refractivity contribution in [1.29, 1.82) is 0 Å². The molecule has 1 aliphatic rings. The predicted molar refractivity (Wildman–Crippen MR) is 78.1 cm³/mol. The Bertz CT molecular complexity index is 442. The van der Waals surface area contributed by atoms with Crippen LogP contribution in [0.1, 0.15) is 19.8 Å². The van der Waals surface area contributed by atoms with Crippen molar-refractivity contribution in [3.63, 3.8) is 0 Å². The highest BCUT2D eigenvalue weighted by atomic mass is 16.6. The second-order valence-electron chi connectivity index (χ2n) is 4.93. The van der Waals surface area contributed by atoms with Gasteiger partial charge in [0.05, 0.1) is 12.3 Å². The summed E-state index contributed by atoms with van der Waals surface area (Å²) in [4.78, 5) is 15.6. The summed E-state index contributed by atoms with van der Waals surface area (Å²) in [5.74, 6) is 0.284. The van der Waals surface area contributed by atoms with Gasteiger partial charge < -0.3 is 19.6 Å². The number of nitrogens with zero attached hydrogens (tertiary/aromatic N) is 2. The van der Waals surface area contributed by atoms with Crippen LogP contribution in [0.5, 0.6) is 5.75 Å². The molecule has 1 heterocycles. The first-order valence-corrected chi connectivity index (χ1v) is 7.17. The Morgan fingerprint density at radius 1 is 1.25 bits per heavy atom. The first-order valence-electron chi connectivity index (χ1n) is 7.17. The lowest BCUT2D eigenvalue weighted by atomic mass is 10.2. The maximum Gasteiger partial charge on any atom is 0.409 e. The smallest absolute Gasteiger partial charge is 0.409 e. The fourth-order valence-electron chi connectivity index (χ4n) is 2.26. The van der Waals surface area contributed by atoms with E-state index in [-0.39, 0.29) is 11.8 Å². The Hall–Kier alpha value is -1.91. The average Bonchev–Trinajstić information content (AvgIpc) is 2.48. The van der Waals surface area contributed by atoms with E-state index in [1.165, 1.54) is 0 Å². The molecule has 1 aromatic rings. The highest BCUT2D eigenvalue weighted by Crippen LogP contribution is 2.27. The van der Waals surface area contributed by atoms with Gasteiger partial charge in [0, 0.05) is 26.2 Å². The molecule has 0 atom stereocenters. The monoisotopic (exact) mass is 278 g/mol. The molecule has 1 aromatic carbocycles. The van der Waals surface area contributed by atoms with Crippen LogP contribution in [0.4, 0.5) is 10.5 Å². The average molecular weight is 278 g/mol. The number of carbonyl (C=O) groups is 1. The van der Waals surface area contributed by atoms with Crippen molar-refractivity contribution < 1.29 is 14.6 Å². The molecule has 0 spiro atoms. The van der Waals surface area contributed by atoms with Crippen LogP contribution in [0.2, 0.25) is 0 Å². The summed E-state index contributed by atoms with van der Waals surface area (Å²) < 4.78 is 5.21. The van der Waals surface area contributed by atoms with Gasteiger partial charge >= 0.3 is 6.09 Å². The molecule has 1 amide bonds. The van der Waals surface area contributed by atoms with Crippen molar-refractivity contribution in [3.05, 3.63) is 24.3 Å². The number of para-hydroxylation sites is 2. The number of hydrogen-bond donors (Lipinski definition) is 1. The quantitative estimate of drug-likeness (QED) is 0.860. The third kappa shape index (κ3) is 3.56. The van der Waals surface area contributed by atoms with Crippen LogP contribution in [-0.4, -0.2) is 48.9 Å². The summed E-state index contributed by atoms with van der Waals surface area (Å²) >= 11 is 0. The molecular weight excluding hydrogens is 256 g/mol. The minimum atomic E-state index is -0.226. The van der Waals surface area contributed by atoms with E-state index in [9.17, 15) is 9.90 Å². The molecule has 1 fully saturated rings. The van der Waals surface area contributed by atoms with Gasteiger partial charge in [-0.3, -0.25) is 0 Å². The zero-order chi connectivity index (χ0) is 14.4. The molecule has 1 saturated heterocycles. The fourth-order valence-corrected chi connectivity index (χ4v) is 2.26. The first kappa shape index (κ1) is 14.5. The Morgan fingerprint density at radius 3 is 2.60 bits per heavy atom. The summed E-state index contributed by atoms with van der Waals surface area (Å²) in [5.41, 5.74) is 0.825. The molecule has 2 rings (SSSR count). The van der Waals surface area contributed by atoms with Crippen molar-refractivity contribution in [2.24, 2.45) is 0 Å². The zero-order valence-electron chi connectivity index (χ0n) is 11.9. The van der Waals surface area contributed by atoms with E-state index >= 15 is 0 Å². The van der Waals surface area contributed by atoms with Gasteiger partial charge in [-0.1, -0.05) is 25.5 Å². The normalized spacial score (nSPS) is 15.2. The third-order valence-corrected chi connectivity index (χ3v) is 3.48. The number of ether oxygens (including phenoxy) is 1. The molecule has 0 aliphatic carbocycles. The number of rotatable bonds is 4. The topological polar surface area (TPSA) is 53.0 Å². The van der Waals surface area contributed by atoms with Crippen LogP contribution >= 0.6 is 0 Å². The van der Waals surface area contributed by atoms with Gasteiger partial charge in [0.15, 0.2) is 0 Å². The van der Waals surface area contributed by atoms with E-state index < -0.39 is 0 Å². The minimum absolute atomic E-state index is 0.226. The molecule has 20 heavy (non-hydrogen) atoms. The molecule has 0 unspecified atom stereocenters. The molecule has 0 radical (unpaired) electrons. The molecule has 5 nitrogen and oxygen atoms in total. The Morgan fingerprint density at radius 2 is 1.95 bits per heavy atom. The van der Waals surface area contributed by atoms with Gasteiger partial charge in [-0.2, -0.15) is 0 Å². The lowest BCUT2D eigenvalue weighted by Crippen LogP contribution is -2.49. The standard InChI is InChI=1S/C15H22N2O3/c1-2-3-12-20-15(19)17-10-8-16(9-11-17)13-6-4-5-7-14(13)18/h4-7,18H,2-3,8-12H2,1H3. The van der Waals surface area contributed by atoms with Crippen molar-refractivity contribution in [2.75, 3.05) is 37.7 Å². The maximum atomic E-state index is 11.8. The molecule has 0 bridgehead atoms. The number of amides is 1. The second-order valence-corrected chi connectivity index (χ2v) is 4.93. The zero-order valence-corrected chi connectivity index (χ0v) is 11.9. The van der Waals surface area contributed by atoms with Gasteiger partial charge in [-0.05, 0) is 18.6 Å². The number of carbonyl (C=O) groups excluding carboxylic acids is 1. The van der Waals surface area contributed by atoms with Crippen LogP contribution in [0.15, 0.2) is 24.3 Å². The van der Waals surface area contributed by atoms with E-state index in [1.54, 1.807) is 17.0 Å². The minimum Gasteiger partial charge on any atom is -0.506 e. The molecule has 0 aromatic heterocycles. The second kappa shape index (κ2) is 7.03. The summed E-state index contributed by atoms with van der Waals surface area (Å²) in [6, 6.07) is 7.28. The van der Waals surface area contributed by atoms with E-state index in [0.29, 0.717) is 32.8 Å². The molecule has 110 valence electrons. The maximum absolute atomic E-state index is 11.8. The van der Waals surface area contributed by atoms with Crippen LogP contribution in [-0.2, 0) is 4.74 Å². The highest BCUT2D eigenvalue weighted by molar-refractivity contribution is 5.68. The van der Waals surface area contributed by atoms with E-state index in [0.717, 1.165) is 18.5 Å². The van der Waals surface area contributed by atoms with Crippen LogP contribution in [0.25, 0.3) is 0 Å². The molecular formula is C15H22N2O3. The van der Waals surface area contributed by atoms with Gasteiger partial charge in [0.2, 0.25) is 0 Å². The van der Waals surface area contributed by atoms with Crippen molar-refractivity contribution in [3.8, 4) is 5.75 Å². The number of phenols is 1. The van der Waals surface area contributed by atoms with Gasteiger partial charge in [0.1, 0.15) is 5.75 Å². The van der Waals surface area contributed by atoms with E-state index in [1.807, 2.05) is 12.1 Å². The highest BCUT2D eigenvalue weighted by Gasteiger charge is 2.23. The van der Waals surface area contributed by atoms with Crippen LogP contribution in [0, 0.1) is 0 Å². The molecule has 0 saturated carbocycles. The van der Waals surface area contributed by atoms with Crippen molar-refractivity contribution in [1.82, 2.24) is 4.90 Å². The summed E-state index contributed by atoms with van der Waals surface area (Å²) in [5, 5.41) is 9.83. The summed E-state index contributed by atoms with van der Waals surface area (Å²) in [6.07, 6.45) is 1.70. The molecule has 1 aliphatic heterocycles. The predicted octanol–water partition coefficient (Wildman–Crippen LogP) is 2.45. The number of benzene rings is 1. The fraction of sp³-hybridized carbons (Fsp3) is 0.533. The van der Waals surface area contributed by atoms with Crippen LogP contribution < -0.4 is 4.90 Å². The van der Waals surface area contributed by atoms with Gasteiger partial charge in [0.25, 0.3) is 0 Å². The number of anilines is 1. The Kier molecular flexibility index (Phi) is 5.09. The first-order chi connectivity index (χ1) is 9.72. The Labute approximate surface area is 119 Å². The number of phenolic OH excluding ortho intramolecular Hbond substituents is 1. The number of piperazine rings is 1. The van der Waals surface area contributed by atoms with Crippen LogP contribution in [0.3, 0.4) is 0 Å². The third-order valence-electron chi connectivity index (χ3n) is 3.48. The Balaban J connectivity index is 1.83. The summed E-state index contributed by atoms with van der Waals surface area (Å²) in [7, 11) is 0. The van der Waals surface area contributed by atoms with Crippen molar-refractivity contribution in [2.45, 2.75) is 19.8 Å². The summed E-state index contributed by atoms with van der Waals surface area (Å²) in [6.45, 7) is 5.23. The van der Waals surface area contributed by atoms with E-state index in [2.05, 4.69) is 11.8 Å². The number of unbranched alkanes of at least 4 members (excludes halogenated alkanes) is 1. The van der Waals surface area contributed by atoms with Gasteiger partial charge in [-0.15, -0.1) is 0 Å². The lowest BCUT2D eigenvalue weighted by Gasteiger charge is -2.35. The number of aromatic hydroxyl groups is 1. The lowest BCUT2D eigenvalue weighted by molar-refractivity contribution is 0.0989.